The number of hydrogen-bond donors (Lipinski definition) is 1. The molecule has 0 saturated heterocycles. The van der Waals surface area contributed by atoms with Gasteiger partial charge in [-0.1, -0.05) is 12.1 Å². The van der Waals surface area contributed by atoms with Gasteiger partial charge in [-0.15, -0.1) is 0 Å². The topological polar surface area (TPSA) is 94.6 Å². The lowest BCUT2D eigenvalue weighted by Crippen LogP contribution is -2.30. The number of benzene rings is 2. The summed E-state index contributed by atoms with van der Waals surface area (Å²) in [6, 6.07) is 10.9. The van der Waals surface area contributed by atoms with E-state index in [0.717, 1.165) is 0 Å². The fourth-order valence-electron chi connectivity index (χ4n) is 2.76. The molecule has 3 rings (SSSR count). The smallest absolute Gasteiger partial charge is 0.265 e. The highest BCUT2D eigenvalue weighted by molar-refractivity contribution is 7.90. The van der Waals surface area contributed by atoms with Gasteiger partial charge in [0.15, 0.2) is 11.5 Å². The van der Waals surface area contributed by atoms with Crippen molar-refractivity contribution in [3.63, 3.8) is 0 Å². The molecule has 2 aromatic carbocycles. The molecular weight excluding hydrogens is 380 g/mol. The molecule has 146 valence electrons. The van der Waals surface area contributed by atoms with Crippen molar-refractivity contribution in [2.45, 2.75) is 18.7 Å². The van der Waals surface area contributed by atoms with E-state index in [0.29, 0.717) is 35.5 Å². The van der Waals surface area contributed by atoms with Gasteiger partial charge in [-0.3, -0.25) is 9.78 Å². The van der Waals surface area contributed by atoms with Crippen LogP contribution in [0.4, 0.5) is 0 Å². The summed E-state index contributed by atoms with van der Waals surface area (Å²) in [5, 5.41) is 1.15. The van der Waals surface area contributed by atoms with E-state index in [-0.39, 0.29) is 10.5 Å². The van der Waals surface area contributed by atoms with Crippen LogP contribution in [0.25, 0.3) is 10.8 Å². The van der Waals surface area contributed by atoms with Crippen LogP contribution < -0.4 is 14.2 Å². The average molecular weight is 400 g/mol. The maximum atomic E-state index is 12.8. The van der Waals surface area contributed by atoms with Crippen LogP contribution in [0.1, 0.15) is 24.2 Å². The number of rotatable bonds is 7. The second-order valence-electron chi connectivity index (χ2n) is 5.82. The summed E-state index contributed by atoms with van der Waals surface area (Å²) < 4.78 is 38.7. The minimum atomic E-state index is -4.08. The van der Waals surface area contributed by atoms with Gasteiger partial charge in [0.25, 0.3) is 15.9 Å². The Labute approximate surface area is 163 Å². The highest BCUT2D eigenvalue weighted by atomic mass is 32.2. The Balaban J connectivity index is 1.92. The first-order valence-electron chi connectivity index (χ1n) is 8.75. The Morgan fingerprint density at radius 3 is 2.54 bits per heavy atom. The summed E-state index contributed by atoms with van der Waals surface area (Å²) in [6.07, 6.45) is 3.07. The van der Waals surface area contributed by atoms with Gasteiger partial charge in [-0.2, -0.15) is 0 Å². The first-order valence-corrected chi connectivity index (χ1v) is 10.2. The Kier molecular flexibility index (Phi) is 5.79. The Morgan fingerprint density at radius 1 is 1.04 bits per heavy atom. The van der Waals surface area contributed by atoms with Crippen molar-refractivity contribution in [1.82, 2.24) is 9.71 Å². The number of carbonyl (C=O) groups excluding carboxylic acids is 1. The summed E-state index contributed by atoms with van der Waals surface area (Å²) in [4.78, 5) is 16.6. The van der Waals surface area contributed by atoms with Crippen LogP contribution in [-0.2, 0) is 10.0 Å². The third-order valence-electron chi connectivity index (χ3n) is 3.96. The van der Waals surface area contributed by atoms with Crippen molar-refractivity contribution >= 4 is 26.7 Å². The van der Waals surface area contributed by atoms with Crippen LogP contribution in [0, 0.1) is 0 Å². The molecule has 0 fully saturated rings. The molecule has 0 unspecified atom stereocenters. The first-order chi connectivity index (χ1) is 13.5. The van der Waals surface area contributed by atoms with Gasteiger partial charge in [0, 0.05) is 28.7 Å². The third-order valence-corrected chi connectivity index (χ3v) is 5.35. The van der Waals surface area contributed by atoms with Crippen molar-refractivity contribution in [3.05, 3.63) is 60.4 Å². The minimum Gasteiger partial charge on any atom is -0.490 e. The predicted octanol–water partition coefficient (Wildman–Crippen LogP) is 3.15. The summed E-state index contributed by atoms with van der Waals surface area (Å²) in [5.41, 5.74) is 0.150. The van der Waals surface area contributed by atoms with Crippen LogP contribution in [0.2, 0.25) is 0 Å². The average Bonchev–Trinajstić information content (AvgIpc) is 2.69. The van der Waals surface area contributed by atoms with Crippen molar-refractivity contribution in [3.8, 4) is 11.5 Å². The van der Waals surface area contributed by atoms with Crippen LogP contribution in [0.15, 0.2) is 59.8 Å². The molecule has 3 aromatic rings. The van der Waals surface area contributed by atoms with E-state index in [9.17, 15) is 13.2 Å². The minimum absolute atomic E-state index is 0.0109. The standard InChI is InChI=1S/C20H20N2O5S/c1-3-26-17-9-8-14(12-18(17)27-4-2)20(23)22-28(24,25)19-7-5-6-15-13-21-11-10-16(15)19/h5-13H,3-4H2,1-2H3,(H,22,23). The van der Waals surface area contributed by atoms with E-state index in [1.165, 1.54) is 24.4 Å². The van der Waals surface area contributed by atoms with Gasteiger partial charge in [0.05, 0.1) is 18.1 Å². The molecule has 7 nitrogen and oxygen atoms in total. The summed E-state index contributed by atoms with van der Waals surface area (Å²) in [6.45, 7) is 4.47. The molecule has 1 heterocycles. The number of hydrogen-bond acceptors (Lipinski definition) is 6. The molecule has 8 heteroatoms. The number of pyridine rings is 1. The summed E-state index contributed by atoms with van der Waals surface area (Å²) in [7, 11) is -4.08. The predicted molar refractivity (Wildman–Crippen MR) is 105 cm³/mol. The second kappa shape index (κ2) is 8.26. The molecule has 28 heavy (non-hydrogen) atoms. The second-order valence-corrected chi connectivity index (χ2v) is 7.47. The number of carbonyl (C=O) groups is 1. The summed E-state index contributed by atoms with van der Waals surface area (Å²) >= 11 is 0. The van der Waals surface area contributed by atoms with Gasteiger partial charge < -0.3 is 9.47 Å². The van der Waals surface area contributed by atoms with Gasteiger partial charge in [0.2, 0.25) is 0 Å². The van der Waals surface area contributed by atoms with Gasteiger partial charge in [0.1, 0.15) is 0 Å². The first kappa shape index (κ1) is 19.6. The van der Waals surface area contributed by atoms with E-state index in [2.05, 4.69) is 9.71 Å². The molecule has 0 aliphatic carbocycles. The third kappa shape index (κ3) is 4.07. The fourth-order valence-corrected chi connectivity index (χ4v) is 3.96. The molecule has 0 saturated carbocycles. The van der Waals surface area contributed by atoms with Crippen LogP contribution in [0.3, 0.4) is 0 Å². The molecule has 1 aromatic heterocycles. The Hall–Kier alpha value is -3.13. The van der Waals surface area contributed by atoms with E-state index in [1.807, 2.05) is 13.8 Å². The zero-order chi connectivity index (χ0) is 20.1. The number of sulfonamides is 1. The Morgan fingerprint density at radius 2 is 1.79 bits per heavy atom. The highest BCUT2D eigenvalue weighted by Gasteiger charge is 2.22. The normalized spacial score (nSPS) is 11.2. The van der Waals surface area contributed by atoms with Crippen LogP contribution >= 0.6 is 0 Å². The van der Waals surface area contributed by atoms with Crippen LogP contribution in [-0.4, -0.2) is 32.5 Å². The number of nitrogens with one attached hydrogen (secondary N) is 1. The monoisotopic (exact) mass is 400 g/mol. The molecule has 1 N–H and O–H groups in total. The number of ether oxygens (including phenoxy) is 2. The van der Waals surface area contributed by atoms with Crippen molar-refractivity contribution < 1.29 is 22.7 Å². The number of amides is 1. The Bertz CT molecular complexity index is 1110. The molecule has 0 spiro atoms. The lowest BCUT2D eigenvalue weighted by Gasteiger charge is -2.13. The fraction of sp³-hybridized carbons (Fsp3) is 0.200. The van der Waals surface area contributed by atoms with Crippen molar-refractivity contribution in [1.29, 1.82) is 0 Å². The summed E-state index contributed by atoms with van der Waals surface area (Å²) in [5.74, 6) is 0.117. The van der Waals surface area contributed by atoms with E-state index < -0.39 is 15.9 Å². The SMILES string of the molecule is CCOc1ccc(C(=O)NS(=O)(=O)c2cccc3cnccc23)cc1OCC. The molecule has 0 radical (unpaired) electrons. The number of nitrogens with zero attached hydrogens (tertiary/aromatic N) is 1. The van der Waals surface area contributed by atoms with Crippen molar-refractivity contribution in [2.24, 2.45) is 0 Å². The molecule has 0 bridgehead atoms. The lowest BCUT2D eigenvalue weighted by atomic mass is 10.2. The molecule has 0 aliphatic rings. The largest absolute Gasteiger partial charge is 0.490 e. The maximum absolute atomic E-state index is 12.8. The lowest BCUT2D eigenvalue weighted by molar-refractivity contribution is 0.0981. The van der Waals surface area contributed by atoms with Gasteiger partial charge in [-0.05, 0) is 44.2 Å². The zero-order valence-electron chi connectivity index (χ0n) is 15.5. The van der Waals surface area contributed by atoms with Gasteiger partial charge >= 0.3 is 0 Å². The van der Waals surface area contributed by atoms with E-state index in [1.54, 1.807) is 30.5 Å². The zero-order valence-corrected chi connectivity index (χ0v) is 16.3. The number of aromatic nitrogens is 1. The van der Waals surface area contributed by atoms with Crippen LogP contribution in [0.5, 0.6) is 11.5 Å². The van der Waals surface area contributed by atoms with E-state index in [4.69, 9.17) is 9.47 Å². The molecular formula is C20H20N2O5S. The quantitative estimate of drug-likeness (QED) is 0.655. The molecule has 1 amide bonds. The van der Waals surface area contributed by atoms with Crippen molar-refractivity contribution in [2.75, 3.05) is 13.2 Å². The molecule has 0 aliphatic heterocycles. The number of fused-ring (bicyclic) bond motifs is 1. The van der Waals surface area contributed by atoms with E-state index >= 15 is 0 Å². The highest BCUT2D eigenvalue weighted by Crippen LogP contribution is 2.29. The molecule has 0 atom stereocenters. The van der Waals surface area contributed by atoms with Gasteiger partial charge in [-0.25, -0.2) is 13.1 Å². The maximum Gasteiger partial charge on any atom is 0.265 e.